The van der Waals surface area contributed by atoms with Crippen LogP contribution in [0.5, 0.6) is 11.5 Å². The molecule has 0 aliphatic rings. The van der Waals surface area contributed by atoms with Crippen molar-refractivity contribution >= 4 is 34.7 Å². The maximum Gasteiger partial charge on any atom is 0.165 e. The number of hydrogen-bond donors (Lipinski definition) is 1. The number of nitrogens with zero attached hydrogens (tertiary/aromatic N) is 2. The third kappa shape index (κ3) is 3.81. The van der Waals surface area contributed by atoms with Gasteiger partial charge in [0.1, 0.15) is 11.5 Å². The molecule has 22 heavy (non-hydrogen) atoms. The molecular formula is C15H15Cl2N3O2. The minimum Gasteiger partial charge on any atom is -0.497 e. The molecule has 0 aliphatic heterocycles. The van der Waals surface area contributed by atoms with Gasteiger partial charge in [0.2, 0.25) is 0 Å². The van der Waals surface area contributed by atoms with E-state index in [0.717, 1.165) is 5.56 Å². The first-order valence-corrected chi connectivity index (χ1v) is 7.14. The summed E-state index contributed by atoms with van der Waals surface area (Å²) < 4.78 is 10.5. The lowest BCUT2D eigenvalue weighted by Crippen LogP contribution is -2.03. The molecule has 0 saturated heterocycles. The van der Waals surface area contributed by atoms with Crippen LogP contribution in [0.2, 0.25) is 10.0 Å². The van der Waals surface area contributed by atoms with Crippen molar-refractivity contribution in [2.24, 2.45) is 5.10 Å². The molecule has 5 nitrogen and oxygen atoms in total. The maximum atomic E-state index is 6.04. The van der Waals surface area contributed by atoms with E-state index in [4.69, 9.17) is 32.7 Å². The Morgan fingerprint density at radius 1 is 1.18 bits per heavy atom. The fourth-order valence-corrected chi connectivity index (χ4v) is 2.21. The average molecular weight is 340 g/mol. The van der Waals surface area contributed by atoms with E-state index in [-0.39, 0.29) is 0 Å². The number of nitrogens with one attached hydrogen (secondary N) is 1. The smallest absolute Gasteiger partial charge is 0.165 e. The average Bonchev–Trinajstić information content (AvgIpc) is 2.53. The molecule has 0 amide bonds. The Bertz CT molecular complexity index is 705. The van der Waals surface area contributed by atoms with Crippen molar-refractivity contribution in [1.29, 1.82) is 0 Å². The summed E-state index contributed by atoms with van der Waals surface area (Å²) in [5.74, 6) is 1.80. The molecule has 1 heterocycles. The molecule has 2 aromatic rings. The van der Waals surface area contributed by atoms with Gasteiger partial charge in [-0.3, -0.25) is 5.43 Å². The number of halogens is 2. The summed E-state index contributed by atoms with van der Waals surface area (Å²) in [6.07, 6.45) is 1.49. The first kappa shape index (κ1) is 16.4. The van der Waals surface area contributed by atoms with Gasteiger partial charge in [-0.15, -0.1) is 0 Å². The molecule has 116 valence electrons. The molecule has 1 aromatic heterocycles. The van der Waals surface area contributed by atoms with Gasteiger partial charge in [0.25, 0.3) is 0 Å². The van der Waals surface area contributed by atoms with E-state index in [1.165, 1.54) is 6.20 Å². The fourth-order valence-electron chi connectivity index (χ4n) is 1.79. The van der Waals surface area contributed by atoms with E-state index in [0.29, 0.717) is 33.1 Å². The molecule has 7 heteroatoms. The summed E-state index contributed by atoms with van der Waals surface area (Å²) in [4.78, 5) is 4.08. The number of anilines is 1. The maximum absolute atomic E-state index is 6.04. The Hall–Kier alpha value is -1.98. The van der Waals surface area contributed by atoms with Gasteiger partial charge in [-0.05, 0) is 25.1 Å². The van der Waals surface area contributed by atoms with Gasteiger partial charge >= 0.3 is 0 Å². The normalized spacial score (nSPS) is 11.2. The predicted octanol–water partition coefficient (Wildman–Crippen LogP) is 4.24. The lowest BCUT2D eigenvalue weighted by Gasteiger charge is -2.10. The number of hydrazone groups is 1. The van der Waals surface area contributed by atoms with Gasteiger partial charge in [-0.2, -0.15) is 5.10 Å². The molecule has 0 unspecified atom stereocenters. The summed E-state index contributed by atoms with van der Waals surface area (Å²) in [7, 11) is 3.20. The first-order valence-electron chi connectivity index (χ1n) is 6.39. The quantitative estimate of drug-likeness (QED) is 0.653. The number of pyridine rings is 1. The molecule has 1 aromatic carbocycles. The fraction of sp³-hybridized carbons (Fsp3) is 0.200. The predicted molar refractivity (Wildman–Crippen MR) is 89.6 cm³/mol. The highest BCUT2D eigenvalue weighted by Gasteiger charge is 2.09. The van der Waals surface area contributed by atoms with Crippen LogP contribution in [0.15, 0.2) is 35.6 Å². The number of methoxy groups -OCH3 is 2. The van der Waals surface area contributed by atoms with Crippen LogP contribution in [-0.2, 0) is 0 Å². The van der Waals surface area contributed by atoms with Crippen LogP contribution < -0.4 is 14.9 Å². The van der Waals surface area contributed by atoms with Crippen LogP contribution in [0.1, 0.15) is 12.5 Å². The molecule has 0 bridgehead atoms. The Kier molecular flexibility index (Phi) is 5.46. The van der Waals surface area contributed by atoms with Gasteiger partial charge < -0.3 is 9.47 Å². The van der Waals surface area contributed by atoms with Gasteiger partial charge in [0.15, 0.2) is 5.82 Å². The minimum atomic E-state index is 0.394. The van der Waals surface area contributed by atoms with Crippen molar-refractivity contribution in [3.8, 4) is 11.5 Å². The summed E-state index contributed by atoms with van der Waals surface area (Å²) in [5.41, 5.74) is 4.37. The zero-order chi connectivity index (χ0) is 16.1. The zero-order valence-electron chi connectivity index (χ0n) is 12.4. The molecular weight excluding hydrogens is 325 g/mol. The Morgan fingerprint density at radius 3 is 2.59 bits per heavy atom. The summed E-state index contributed by atoms with van der Waals surface area (Å²) in [5, 5.41) is 5.14. The SMILES string of the molecule is COc1ccc(/C(C)=N\Nc2ncc(Cl)cc2Cl)c(OC)c1. The minimum absolute atomic E-state index is 0.394. The number of aromatic nitrogens is 1. The summed E-state index contributed by atoms with van der Waals surface area (Å²) in [6, 6.07) is 7.10. The number of rotatable bonds is 5. The van der Waals surface area contributed by atoms with Gasteiger partial charge in [-0.25, -0.2) is 4.98 Å². The lowest BCUT2D eigenvalue weighted by molar-refractivity contribution is 0.394. The van der Waals surface area contributed by atoms with Crippen molar-refractivity contribution in [3.63, 3.8) is 0 Å². The third-order valence-corrected chi connectivity index (χ3v) is 3.43. The largest absolute Gasteiger partial charge is 0.497 e. The highest BCUT2D eigenvalue weighted by atomic mass is 35.5. The van der Waals surface area contributed by atoms with Crippen molar-refractivity contribution in [1.82, 2.24) is 4.98 Å². The number of ether oxygens (including phenoxy) is 2. The van der Waals surface area contributed by atoms with Crippen molar-refractivity contribution in [2.75, 3.05) is 19.6 Å². The lowest BCUT2D eigenvalue weighted by atomic mass is 10.1. The molecule has 1 N–H and O–H groups in total. The third-order valence-electron chi connectivity index (χ3n) is 2.94. The Labute approximate surface area is 138 Å². The molecule has 0 spiro atoms. The highest BCUT2D eigenvalue weighted by molar-refractivity contribution is 6.35. The van der Waals surface area contributed by atoms with Crippen LogP contribution in [0.25, 0.3) is 0 Å². The number of benzene rings is 1. The second-order valence-electron chi connectivity index (χ2n) is 4.36. The van der Waals surface area contributed by atoms with E-state index < -0.39 is 0 Å². The van der Waals surface area contributed by atoms with Crippen molar-refractivity contribution in [3.05, 3.63) is 46.1 Å². The molecule has 0 fully saturated rings. The second kappa shape index (κ2) is 7.33. The van der Waals surface area contributed by atoms with Crippen LogP contribution in [0.4, 0.5) is 5.82 Å². The zero-order valence-corrected chi connectivity index (χ0v) is 13.9. The highest BCUT2D eigenvalue weighted by Crippen LogP contribution is 2.26. The summed E-state index contributed by atoms with van der Waals surface area (Å²) in [6.45, 7) is 1.85. The molecule has 0 saturated carbocycles. The van der Waals surface area contributed by atoms with Crippen LogP contribution >= 0.6 is 23.2 Å². The molecule has 2 rings (SSSR count). The van der Waals surface area contributed by atoms with E-state index in [1.54, 1.807) is 26.4 Å². The summed E-state index contributed by atoms with van der Waals surface area (Å²) >= 11 is 11.8. The van der Waals surface area contributed by atoms with Crippen molar-refractivity contribution < 1.29 is 9.47 Å². The Balaban J connectivity index is 2.25. The topological polar surface area (TPSA) is 55.7 Å². The first-order chi connectivity index (χ1) is 10.5. The molecule has 0 atom stereocenters. The Morgan fingerprint density at radius 2 is 1.95 bits per heavy atom. The standard InChI is InChI=1S/C15H15Cl2N3O2/c1-9(12-5-4-11(21-2)7-14(12)22-3)19-20-15-13(17)6-10(16)8-18-15/h4-8H,1-3H3,(H,18,20)/b19-9-. The van der Waals surface area contributed by atoms with Gasteiger partial charge in [0, 0.05) is 17.8 Å². The van der Waals surface area contributed by atoms with E-state index in [1.807, 2.05) is 19.1 Å². The molecule has 0 aliphatic carbocycles. The monoisotopic (exact) mass is 339 g/mol. The van der Waals surface area contributed by atoms with E-state index in [9.17, 15) is 0 Å². The van der Waals surface area contributed by atoms with E-state index in [2.05, 4.69) is 15.5 Å². The van der Waals surface area contributed by atoms with Crippen LogP contribution in [0.3, 0.4) is 0 Å². The molecule has 0 radical (unpaired) electrons. The van der Waals surface area contributed by atoms with Gasteiger partial charge in [-0.1, -0.05) is 23.2 Å². The van der Waals surface area contributed by atoms with Crippen LogP contribution in [0, 0.1) is 0 Å². The second-order valence-corrected chi connectivity index (χ2v) is 5.20. The number of hydrogen-bond acceptors (Lipinski definition) is 5. The van der Waals surface area contributed by atoms with Crippen LogP contribution in [-0.4, -0.2) is 24.9 Å². The van der Waals surface area contributed by atoms with Crippen molar-refractivity contribution in [2.45, 2.75) is 6.92 Å². The van der Waals surface area contributed by atoms with Gasteiger partial charge in [0.05, 0.1) is 30.0 Å². The van der Waals surface area contributed by atoms with E-state index >= 15 is 0 Å².